The van der Waals surface area contributed by atoms with E-state index in [0.29, 0.717) is 0 Å². The summed E-state index contributed by atoms with van der Waals surface area (Å²) in [4.78, 5) is 0. The second-order valence-corrected chi connectivity index (χ2v) is 16.8. The van der Waals surface area contributed by atoms with Gasteiger partial charge in [0.15, 0.2) is 0 Å². The molecule has 0 heteroatoms. The van der Waals surface area contributed by atoms with Crippen molar-refractivity contribution >= 4 is 44.0 Å². The van der Waals surface area contributed by atoms with Crippen molar-refractivity contribution in [2.24, 2.45) is 0 Å². The highest BCUT2D eigenvalue weighted by Gasteiger charge is 2.35. The van der Waals surface area contributed by atoms with Crippen LogP contribution in [-0.2, 0) is 11.8 Å². The second kappa shape index (κ2) is 22.6. The fraction of sp³-hybridized carbons (Fsp3) is 0.164. The van der Waals surface area contributed by atoms with Crippen LogP contribution in [0, 0.1) is 19.3 Å². The van der Waals surface area contributed by atoms with Gasteiger partial charge in [-0.3, -0.25) is 0 Å². The Bertz CT molecular complexity index is 3150. The number of fused-ring (bicyclic) bond motifs is 7. The van der Waals surface area contributed by atoms with Gasteiger partial charge in [-0.1, -0.05) is 248 Å². The molecule has 0 aliphatic heterocycles. The van der Waals surface area contributed by atoms with Crippen LogP contribution in [0.1, 0.15) is 93.8 Å². The first-order valence-electron chi connectivity index (χ1n) is 23.9. The van der Waals surface area contributed by atoms with E-state index in [1.54, 1.807) is 0 Å². The average Bonchev–Trinajstić information content (AvgIpc) is 3.63. The number of hydrogen-bond acceptors (Lipinski definition) is 0. The lowest BCUT2D eigenvalue weighted by Gasteiger charge is -2.21. The summed E-state index contributed by atoms with van der Waals surface area (Å²) in [6.45, 7) is 27.0. The Morgan fingerprint density at radius 3 is 1.52 bits per heavy atom. The lowest BCUT2D eigenvalue weighted by atomic mass is 9.82. The molecule has 0 spiro atoms. The fourth-order valence-corrected chi connectivity index (χ4v) is 9.71. The third-order valence-electron chi connectivity index (χ3n) is 12.8. The number of aryl methyl sites for hydroxylation is 1. The van der Waals surface area contributed by atoms with Gasteiger partial charge in [-0.05, 0) is 126 Å². The summed E-state index contributed by atoms with van der Waals surface area (Å²) < 4.78 is 0. The maximum Gasteiger partial charge on any atom is 0.0399 e. The zero-order valence-electron chi connectivity index (χ0n) is 41.0. The van der Waals surface area contributed by atoms with E-state index in [1.165, 1.54) is 88.3 Å². The van der Waals surface area contributed by atoms with E-state index in [1.807, 2.05) is 45.9 Å². The Labute approximate surface area is 402 Å². The largest absolute Gasteiger partial charge is 0.115 e. The van der Waals surface area contributed by atoms with Gasteiger partial charge in [0.25, 0.3) is 0 Å². The van der Waals surface area contributed by atoms with Gasteiger partial charge >= 0.3 is 0 Å². The number of terminal acetylenes is 1. The predicted molar refractivity (Wildman–Crippen MR) is 299 cm³/mol. The lowest BCUT2D eigenvalue weighted by molar-refractivity contribution is 0.660. The molecule has 67 heavy (non-hydrogen) atoms. The first-order valence-corrected chi connectivity index (χ1v) is 23.9. The van der Waals surface area contributed by atoms with Gasteiger partial charge in [0.05, 0.1) is 0 Å². The van der Waals surface area contributed by atoms with Crippen LogP contribution in [0.2, 0.25) is 0 Å². The molecule has 0 fully saturated rings. The van der Waals surface area contributed by atoms with Gasteiger partial charge in [0.1, 0.15) is 0 Å². The summed E-state index contributed by atoms with van der Waals surface area (Å²) in [6, 6.07) is 62.4. The van der Waals surface area contributed by atoms with Crippen molar-refractivity contribution in [3.8, 4) is 45.7 Å². The van der Waals surface area contributed by atoms with E-state index in [4.69, 9.17) is 6.42 Å². The molecule has 9 aromatic rings. The Kier molecular flexibility index (Phi) is 16.5. The first-order chi connectivity index (χ1) is 32.8. The number of allylic oxidation sites excluding steroid dienone is 2. The predicted octanol–water partition coefficient (Wildman–Crippen LogP) is 19.3. The molecule has 0 saturated carbocycles. The molecule has 0 radical (unpaired) electrons. The molecular formula is C67H66. The van der Waals surface area contributed by atoms with Crippen LogP contribution in [0.25, 0.3) is 77.3 Å². The Balaban J connectivity index is 0.000000158. The van der Waals surface area contributed by atoms with E-state index >= 15 is 0 Å². The number of hydrogen-bond donors (Lipinski definition) is 0. The molecule has 334 valence electrons. The average molecular weight is 871 g/mol. The van der Waals surface area contributed by atoms with Gasteiger partial charge in [-0.25, -0.2) is 0 Å². The molecule has 0 saturated heterocycles. The fourth-order valence-electron chi connectivity index (χ4n) is 9.71. The molecule has 0 nitrogen and oxygen atoms in total. The topological polar surface area (TPSA) is 0 Å². The Morgan fingerprint density at radius 2 is 0.985 bits per heavy atom. The maximum absolute atomic E-state index is 5.82. The van der Waals surface area contributed by atoms with E-state index in [-0.39, 0.29) is 5.41 Å². The van der Waals surface area contributed by atoms with Crippen molar-refractivity contribution in [1.82, 2.24) is 0 Å². The normalized spacial score (nSPS) is 12.0. The van der Waals surface area contributed by atoms with Crippen LogP contribution < -0.4 is 0 Å². The van der Waals surface area contributed by atoms with Gasteiger partial charge in [0, 0.05) is 11.0 Å². The van der Waals surface area contributed by atoms with Crippen molar-refractivity contribution in [3.05, 3.63) is 241 Å². The van der Waals surface area contributed by atoms with Crippen LogP contribution in [0.5, 0.6) is 0 Å². The molecule has 2 aliphatic rings. The van der Waals surface area contributed by atoms with Crippen molar-refractivity contribution in [3.63, 3.8) is 0 Å². The SMILES string of the molecule is C#Cc1c2ccccc2c(-c2ccccc2)c2ccccc12.C=C.C=C(C)c1ccc2c(c1)C(C)(C)c1ccccc1-2.CC.CC.Cc1c2c(c(-c3ccccc3)c3ccccc13)CCC=C2. The standard InChI is InChI=1S/C22H14.C21H18.C18H18.2C2H6.C2H4/c1-2-17-18-12-6-8-14-20(18)22(16-10-4-3-5-11-16)21-15-9-7-13-19(17)21;1-15-17-11-5-7-13-19(17)21(16-9-3-2-4-10-16)20-14-8-6-12-18(15)20;1-12(2)13-9-10-15-14-7-5-6-8-16(14)18(3,4)17(15)11-13;3*1-2/h1,3-15H;2-7,9-13H,8,14H2,1H3;5-11H,1H2,2-4H3;2*1-2H3;1-2H2. The molecule has 0 amide bonds. The van der Waals surface area contributed by atoms with E-state index in [2.05, 4.69) is 223 Å². The molecular weight excluding hydrogens is 805 g/mol. The van der Waals surface area contributed by atoms with Crippen LogP contribution in [0.3, 0.4) is 0 Å². The highest BCUT2D eigenvalue weighted by Crippen LogP contribution is 2.49. The number of benzene rings is 9. The summed E-state index contributed by atoms with van der Waals surface area (Å²) >= 11 is 0. The van der Waals surface area contributed by atoms with E-state index < -0.39 is 0 Å². The molecule has 2 aliphatic carbocycles. The zero-order valence-corrected chi connectivity index (χ0v) is 41.0. The second-order valence-electron chi connectivity index (χ2n) is 16.8. The minimum absolute atomic E-state index is 0.0946. The monoisotopic (exact) mass is 871 g/mol. The summed E-state index contributed by atoms with van der Waals surface area (Å²) in [5, 5.41) is 7.46. The van der Waals surface area contributed by atoms with Gasteiger partial charge in [0.2, 0.25) is 0 Å². The van der Waals surface area contributed by atoms with Gasteiger partial charge in [-0.15, -0.1) is 19.6 Å². The van der Waals surface area contributed by atoms with Gasteiger partial charge < -0.3 is 0 Å². The molecule has 0 aromatic heterocycles. The third kappa shape index (κ3) is 9.75. The third-order valence-corrected chi connectivity index (χ3v) is 12.8. The highest BCUT2D eigenvalue weighted by molar-refractivity contribution is 6.16. The van der Waals surface area contributed by atoms with Crippen molar-refractivity contribution in [1.29, 1.82) is 0 Å². The van der Waals surface area contributed by atoms with Crippen molar-refractivity contribution in [2.45, 2.75) is 73.6 Å². The molecule has 0 heterocycles. The molecule has 0 bridgehead atoms. The minimum atomic E-state index is 0.0946. The lowest BCUT2D eigenvalue weighted by Crippen LogP contribution is -2.15. The smallest absolute Gasteiger partial charge is 0.0399 e. The van der Waals surface area contributed by atoms with Crippen LogP contribution in [0.15, 0.2) is 202 Å². The number of rotatable bonds is 3. The molecule has 0 N–H and O–H groups in total. The van der Waals surface area contributed by atoms with Crippen molar-refractivity contribution < 1.29 is 0 Å². The Hall–Kier alpha value is -7.46. The molecule has 0 unspecified atom stereocenters. The zero-order chi connectivity index (χ0) is 48.1. The quantitative estimate of drug-likeness (QED) is 0.0943. The van der Waals surface area contributed by atoms with Crippen LogP contribution >= 0.6 is 0 Å². The van der Waals surface area contributed by atoms with Crippen LogP contribution in [-0.4, -0.2) is 0 Å². The summed E-state index contributed by atoms with van der Waals surface area (Å²) in [7, 11) is 0. The summed E-state index contributed by atoms with van der Waals surface area (Å²) in [6.07, 6.45) is 12.7. The summed E-state index contributed by atoms with van der Waals surface area (Å²) in [5.74, 6) is 2.89. The van der Waals surface area contributed by atoms with Gasteiger partial charge in [-0.2, -0.15) is 0 Å². The van der Waals surface area contributed by atoms with Crippen molar-refractivity contribution in [2.75, 3.05) is 0 Å². The first kappa shape index (κ1) is 49.0. The molecule has 11 rings (SSSR count). The van der Waals surface area contributed by atoms with E-state index in [0.717, 1.165) is 34.8 Å². The highest BCUT2D eigenvalue weighted by atomic mass is 14.4. The van der Waals surface area contributed by atoms with Crippen LogP contribution in [0.4, 0.5) is 0 Å². The maximum atomic E-state index is 5.82. The molecule has 0 atom stereocenters. The Morgan fingerprint density at radius 1 is 0.537 bits per heavy atom. The molecule has 9 aromatic carbocycles. The summed E-state index contributed by atoms with van der Waals surface area (Å²) in [5.41, 5.74) is 18.6. The minimum Gasteiger partial charge on any atom is -0.115 e. The van der Waals surface area contributed by atoms with E-state index in [9.17, 15) is 0 Å².